The van der Waals surface area contributed by atoms with E-state index in [4.69, 9.17) is 0 Å². The zero-order chi connectivity index (χ0) is 17.3. The van der Waals surface area contributed by atoms with Crippen LogP contribution in [0.1, 0.15) is 53.9 Å². The summed E-state index contributed by atoms with van der Waals surface area (Å²) in [5, 5.41) is 2.53. The number of nitrogens with one attached hydrogen (secondary N) is 1. The molecule has 1 N–H and O–H groups in total. The highest BCUT2D eigenvalue weighted by molar-refractivity contribution is 5.85. The highest BCUT2D eigenvalue weighted by Gasteiger charge is 2.27. The van der Waals surface area contributed by atoms with Crippen molar-refractivity contribution in [2.45, 2.75) is 60.1 Å². The molecule has 0 aliphatic carbocycles. The Kier molecular flexibility index (Phi) is 10.0. The van der Waals surface area contributed by atoms with E-state index < -0.39 is 6.17 Å². The molecule has 0 aliphatic rings. The van der Waals surface area contributed by atoms with E-state index in [1.165, 1.54) is 11.8 Å². The molecule has 0 rings (SSSR count). The average Bonchev–Trinajstić information content (AvgIpc) is 2.40. The van der Waals surface area contributed by atoms with Gasteiger partial charge in [0.25, 0.3) is 0 Å². The molecule has 2 amide bonds. The Morgan fingerprint density at radius 1 is 1.05 bits per heavy atom. The number of halogens is 1. The molecule has 130 valence electrons. The first-order valence-corrected chi connectivity index (χ1v) is 8.30. The van der Waals surface area contributed by atoms with E-state index in [-0.39, 0.29) is 37.2 Å². The molecule has 22 heavy (non-hydrogen) atoms. The molecule has 0 saturated carbocycles. The summed E-state index contributed by atoms with van der Waals surface area (Å²) in [6.45, 7) is 10.1. The van der Waals surface area contributed by atoms with E-state index in [9.17, 15) is 14.0 Å². The maximum absolute atomic E-state index is 13.1. The van der Waals surface area contributed by atoms with Crippen LogP contribution >= 0.6 is 0 Å². The van der Waals surface area contributed by atoms with Crippen molar-refractivity contribution in [2.24, 2.45) is 17.8 Å². The quantitative estimate of drug-likeness (QED) is 0.673. The summed E-state index contributed by atoms with van der Waals surface area (Å²) in [6.07, 6.45) is 0.881. The highest BCUT2D eigenvalue weighted by Crippen LogP contribution is 2.22. The Bertz CT molecular complexity index is 334. The van der Waals surface area contributed by atoms with Gasteiger partial charge in [0.1, 0.15) is 0 Å². The van der Waals surface area contributed by atoms with Gasteiger partial charge >= 0.3 is 0 Å². The largest absolute Gasteiger partial charge is 0.358 e. The lowest BCUT2D eigenvalue weighted by Crippen LogP contribution is -2.44. The van der Waals surface area contributed by atoms with Crippen molar-refractivity contribution < 1.29 is 14.0 Å². The van der Waals surface area contributed by atoms with Crippen molar-refractivity contribution in [2.75, 3.05) is 20.1 Å². The first-order valence-electron chi connectivity index (χ1n) is 8.30. The normalized spacial score (nSPS) is 12.8. The van der Waals surface area contributed by atoms with E-state index in [1.54, 1.807) is 7.05 Å². The fraction of sp³-hybridized carbons (Fsp3) is 0.882. The average molecular weight is 316 g/mol. The van der Waals surface area contributed by atoms with Gasteiger partial charge in [-0.3, -0.25) is 9.59 Å². The van der Waals surface area contributed by atoms with Gasteiger partial charge in [-0.05, 0) is 38.0 Å². The number of carbonyl (C=O) groups is 2. The molecule has 0 heterocycles. The molecule has 0 radical (unpaired) electrons. The summed E-state index contributed by atoms with van der Waals surface area (Å²) in [7, 11) is 1.54. The Morgan fingerprint density at radius 3 is 1.91 bits per heavy atom. The van der Waals surface area contributed by atoms with Crippen LogP contribution in [-0.4, -0.2) is 43.0 Å². The lowest BCUT2D eigenvalue weighted by Gasteiger charge is -2.29. The van der Waals surface area contributed by atoms with Gasteiger partial charge in [-0.2, -0.15) is 0 Å². The minimum atomic E-state index is -0.978. The van der Waals surface area contributed by atoms with Crippen LogP contribution in [0.5, 0.6) is 0 Å². The van der Waals surface area contributed by atoms with Gasteiger partial charge in [0.2, 0.25) is 11.8 Å². The molecule has 0 fully saturated rings. The summed E-state index contributed by atoms with van der Waals surface area (Å²) in [4.78, 5) is 26.0. The van der Waals surface area contributed by atoms with Gasteiger partial charge < -0.3 is 10.2 Å². The molecule has 0 spiro atoms. The van der Waals surface area contributed by atoms with Crippen molar-refractivity contribution in [1.29, 1.82) is 0 Å². The summed E-state index contributed by atoms with van der Waals surface area (Å²) in [5.74, 6) is 0.489. The van der Waals surface area contributed by atoms with E-state index >= 15 is 0 Å². The molecular weight excluding hydrogens is 283 g/mol. The van der Waals surface area contributed by atoms with Gasteiger partial charge in [-0.1, -0.05) is 27.7 Å². The number of nitrogens with zero attached hydrogens (tertiary/aromatic N) is 1. The zero-order valence-electron chi connectivity index (χ0n) is 15.0. The SMILES string of the molecule is CNC(=O)CN(CCC(C)F)C(=O)C(CC(C)C)CC(C)C. The van der Waals surface area contributed by atoms with E-state index in [1.807, 2.05) is 0 Å². The lowest BCUT2D eigenvalue weighted by atomic mass is 9.88. The fourth-order valence-electron chi connectivity index (χ4n) is 2.55. The van der Waals surface area contributed by atoms with Crippen molar-refractivity contribution in [3.05, 3.63) is 0 Å². The number of amides is 2. The maximum Gasteiger partial charge on any atom is 0.239 e. The third-order valence-corrected chi connectivity index (χ3v) is 3.58. The Morgan fingerprint density at radius 2 is 1.55 bits per heavy atom. The van der Waals surface area contributed by atoms with Crippen LogP contribution in [0.3, 0.4) is 0 Å². The van der Waals surface area contributed by atoms with Gasteiger partial charge in [0, 0.05) is 19.5 Å². The molecule has 0 aliphatic heterocycles. The number of carbonyl (C=O) groups excluding carboxylic acids is 2. The van der Waals surface area contributed by atoms with E-state index in [2.05, 4.69) is 33.0 Å². The van der Waals surface area contributed by atoms with Crippen molar-refractivity contribution >= 4 is 11.8 Å². The van der Waals surface area contributed by atoms with Crippen LogP contribution in [0.25, 0.3) is 0 Å². The van der Waals surface area contributed by atoms with Gasteiger partial charge in [0.05, 0.1) is 12.7 Å². The summed E-state index contributed by atoms with van der Waals surface area (Å²) in [5.41, 5.74) is 0. The number of hydrogen-bond donors (Lipinski definition) is 1. The van der Waals surface area contributed by atoms with Gasteiger partial charge in [0.15, 0.2) is 0 Å². The molecule has 1 unspecified atom stereocenters. The number of rotatable bonds is 10. The number of alkyl halides is 1. The molecule has 0 bridgehead atoms. The first-order chi connectivity index (χ1) is 10.2. The van der Waals surface area contributed by atoms with Crippen molar-refractivity contribution in [3.8, 4) is 0 Å². The summed E-state index contributed by atoms with van der Waals surface area (Å²) >= 11 is 0. The van der Waals surface area contributed by atoms with Crippen LogP contribution in [0.15, 0.2) is 0 Å². The van der Waals surface area contributed by atoms with E-state index in [0.29, 0.717) is 11.8 Å². The molecule has 0 aromatic rings. The third kappa shape index (κ3) is 9.00. The van der Waals surface area contributed by atoms with Crippen molar-refractivity contribution in [3.63, 3.8) is 0 Å². The predicted octanol–water partition coefficient (Wildman–Crippen LogP) is 3.02. The fourth-order valence-corrected chi connectivity index (χ4v) is 2.55. The van der Waals surface area contributed by atoms with Crippen LogP contribution in [-0.2, 0) is 9.59 Å². The number of hydrogen-bond acceptors (Lipinski definition) is 2. The Labute approximate surface area is 134 Å². The predicted molar refractivity (Wildman–Crippen MR) is 88.2 cm³/mol. The van der Waals surface area contributed by atoms with E-state index in [0.717, 1.165) is 12.8 Å². The molecular formula is C17H33FN2O2. The monoisotopic (exact) mass is 316 g/mol. The van der Waals surface area contributed by atoms with Gasteiger partial charge in [-0.25, -0.2) is 4.39 Å². The number of likely N-dealkylation sites (N-methyl/N-ethyl adjacent to an activating group) is 1. The summed E-state index contributed by atoms with van der Waals surface area (Å²) < 4.78 is 13.1. The minimum Gasteiger partial charge on any atom is -0.358 e. The topological polar surface area (TPSA) is 49.4 Å². The molecule has 4 nitrogen and oxygen atoms in total. The standard InChI is InChI=1S/C17H33FN2O2/c1-12(2)9-15(10-13(3)4)17(22)20(8-7-14(5)18)11-16(21)19-6/h12-15H,7-11H2,1-6H3,(H,19,21). The molecule has 0 saturated heterocycles. The first kappa shape index (κ1) is 20.9. The maximum atomic E-state index is 13.1. The van der Waals surface area contributed by atoms with Crippen LogP contribution in [0.4, 0.5) is 4.39 Å². The van der Waals surface area contributed by atoms with Gasteiger partial charge in [-0.15, -0.1) is 0 Å². The van der Waals surface area contributed by atoms with Crippen LogP contribution in [0.2, 0.25) is 0 Å². The van der Waals surface area contributed by atoms with Crippen LogP contribution < -0.4 is 5.32 Å². The second-order valence-corrected chi connectivity index (χ2v) is 6.96. The van der Waals surface area contributed by atoms with Crippen LogP contribution in [0, 0.1) is 17.8 Å². The smallest absolute Gasteiger partial charge is 0.239 e. The Balaban J connectivity index is 5.01. The third-order valence-electron chi connectivity index (χ3n) is 3.58. The molecule has 5 heteroatoms. The lowest BCUT2D eigenvalue weighted by molar-refractivity contribution is -0.140. The minimum absolute atomic E-state index is 0.00867. The Hall–Kier alpha value is -1.13. The molecule has 0 aromatic heterocycles. The van der Waals surface area contributed by atoms with Crippen molar-refractivity contribution in [1.82, 2.24) is 10.2 Å². The highest BCUT2D eigenvalue weighted by atomic mass is 19.1. The second-order valence-electron chi connectivity index (χ2n) is 6.96. The molecule has 0 aromatic carbocycles. The zero-order valence-corrected chi connectivity index (χ0v) is 15.0. The second kappa shape index (κ2) is 10.6. The molecule has 1 atom stereocenters. The summed E-state index contributed by atoms with van der Waals surface area (Å²) in [6, 6.07) is 0.